The number of benzene rings is 1. The van der Waals surface area contributed by atoms with Crippen LogP contribution in [-0.2, 0) is 11.2 Å². The van der Waals surface area contributed by atoms with Crippen LogP contribution in [0, 0.1) is 6.92 Å². The molecule has 3 aromatic rings. The molecule has 7 heteroatoms. The zero-order valence-electron chi connectivity index (χ0n) is 17.9. The van der Waals surface area contributed by atoms with Crippen LogP contribution in [0.5, 0.6) is 0 Å². The molecule has 2 aromatic heterocycles. The molecular weight excluding hydrogens is 390 g/mol. The third-order valence-corrected chi connectivity index (χ3v) is 5.50. The Bertz CT molecular complexity index is 1100. The van der Waals surface area contributed by atoms with Crippen LogP contribution in [0.15, 0.2) is 49.1 Å². The lowest BCUT2D eigenvalue weighted by molar-refractivity contribution is -0.120. The lowest BCUT2D eigenvalue weighted by Gasteiger charge is -2.08. The highest BCUT2D eigenvalue weighted by Crippen LogP contribution is 2.26. The molecule has 0 bridgehead atoms. The number of hydrogen-bond acceptors (Lipinski definition) is 4. The van der Waals surface area contributed by atoms with Gasteiger partial charge in [-0.25, -0.2) is 4.68 Å². The Morgan fingerprint density at radius 1 is 1.16 bits per heavy atom. The minimum atomic E-state index is -0.0233. The van der Waals surface area contributed by atoms with E-state index in [-0.39, 0.29) is 11.8 Å². The molecule has 0 aliphatic heterocycles. The second-order valence-electron chi connectivity index (χ2n) is 8.03. The zero-order chi connectivity index (χ0) is 21.8. The molecule has 0 atom stereocenters. The van der Waals surface area contributed by atoms with E-state index in [2.05, 4.69) is 20.7 Å². The Morgan fingerprint density at radius 2 is 2.00 bits per heavy atom. The second-order valence-corrected chi connectivity index (χ2v) is 8.03. The lowest BCUT2D eigenvalue weighted by Crippen LogP contribution is -2.25. The molecule has 1 aliphatic carbocycles. The molecule has 2 amide bonds. The molecule has 1 aromatic carbocycles. The van der Waals surface area contributed by atoms with Gasteiger partial charge in [0.2, 0.25) is 5.91 Å². The number of nitrogens with zero attached hydrogens (tertiary/aromatic N) is 3. The molecule has 160 valence electrons. The SMILES string of the molecule is CNC(=O)CCCc1cncc(-n2cc(-c3cc(C(=O)NC4CC4)ccc3C)cn2)c1. The molecule has 2 N–H and O–H groups in total. The predicted molar refractivity (Wildman–Crippen MR) is 119 cm³/mol. The Morgan fingerprint density at radius 3 is 2.77 bits per heavy atom. The lowest BCUT2D eigenvalue weighted by atomic mass is 10.0. The van der Waals surface area contributed by atoms with Gasteiger partial charge in [-0.2, -0.15) is 5.10 Å². The van der Waals surface area contributed by atoms with Gasteiger partial charge >= 0.3 is 0 Å². The number of hydrogen-bond donors (Lipinski definition) is 2. The van der Waals surface area contributed by atoms with Crippen molar-refractivity contribution in [2.45, 2.75) is 45.1 Å². The summed E-state index contributed by atoms with van der Waals surface area (Å²) in [4.78, 5) is 28.2. The molecule has 1 saturated carbocycles. The van der Waals surface area contributed by atoms with E-state index in [1.165, 1.54) is 0 Å². The maximum Gasteiger partial charge on any atom is 0.251 e. The molecule has 2 heterocycles. The zero-order valence-corrected chi connectivity index (χ0v) is 17.9. The van der Waals surface area contributed by atoms with Crippen LogP contribution in [0.2, 0.25) is 0 Å². The first-order chi connectivity index (χ1) is 15.0. The summed E-state index contributed by atoms with van der Waals surface area (Å²) in [6.07, 6.45) is 11.5. The van der Waals surface area contributed by atoms with Crippen molar-refractivity contribution in [1.29, 1.82) is 0 Å². The molecule has 0 unspecified atom stereocenters. The fraction of sp³-hybridized carbons (Fsp3) is 0.333. The van der Waals surface area contributed by atoms with Crippen LogP contribution < -0.4 is 10.6 Å². The van der Waals surface area contributed by atoms with Gasteiger partial charge < -0.3 is 10.6 Å². The van der Waals surface area contributed by atoms with Crippen LogP contribution in [0.25, 0.3) is 16.8 Å². The highest BCUT2D eigenvalue weighted by molar-refractivity contribution is 5.96. The Balaban J connectivity index is 1.51. The number of amides is 2. The fourth-order valence-electron chi connectivity index (χ4n) is 3.49. The first-order valence-corrected chi connectivity index (χ1v) is 10.6. The van der Waals surface area contributed by atoms with Crippen molar-refractivity contribution < 1.29 is 9.59 Å². The summed E-state index contributed by atoms with van der Waals surface area (Å²) in [5.41, 5.74) is 5.62. The first kappa shape index (κ1) is 20.8. The van der Waals surface area contributed by atoms with Gasteiger partial charge in [-0.3, -0.25) is 14.6 Å². The number of aryl methyl sites for hydroxylation is 2. The summed E-state index contributed by atoms with van der Waals surface area (Å²) in [6, 6.07) is 8.15. The normalized spacial score (nSPS) is 13.1. The molecular formula is C24H27N5O2. The van der Waals surface area contributed by atoms with E-state index in [9.17, 15) is 9.59 Å². The summed E-state index contributed by atoms with van der Waals surface area (Å²) in [5.74, 6) is 0.0223. The van der Waals surface area contributed by atoms with Crippen LogP contribution in [0.3, 0.4) is 0 Å². The minimum absolute atomic E-state index is 0.0233. The molecule has 0 radical (unpaired) electrons. The number of aromatic nitrogens is 3. The van der Waals surface area contributed by atoms with Crippen molar-refractivity contribution in [3.8, 4) is 16.8 Å². The van der Waals surface area contributed by atoms with Crippen LogP contribution in [0.4, 0.5) is 0 Å². The molecule has 0 saturated heterocycles. The summed E-state index contributed by atoms with van der Waals surface area (Å²) in [7, 11) is 1.65. The van der Waals surface area contributed by atoms with Crippen molar-refractivity contribution in [3.63, 3.8) is 0 Å². The van der Waals surface area contributed by atoms with Crippen molar-refractivity contribution in [1.82, 2.24) is 25.4 Å². The van der Waals surface area contributed by atoms with Gasteiger partial charge in [0.05, 0.1) is 18.1 Å². The van der Waals surface area contributed by atoms with Gasteiger partial charge in [0.15, 0.2) is 0 Å². The van der Waals surface area contributed by atoms with Gasteiger partial charge in [-0.05, 0) is 67.5 Å². The highest BCUT2D eigenvalue weighted by atomic mass is 16.2. The molecule has 1 aliphatic rings. The quantitative estimate of drug-likeness (QED) is 0.589. The third-order valence-electron chi connectivity index (χ3n) is 5.50. The topological polar surface area (TPSA) is 88.9 Å². The van der Waals surface area contributed by atoms with E-state index in [4.69, 9.17) is 0 Å². The smallest absolute Gasteiger partial charge is 0.251 e. The molecule has 0 spiro atoms. The average Bonchev–Trinajstić information content (AvgIpc) is 3.45. The summed E-state index contributed by atoms with van der Waals surface area (Å²) in [5, 5.41) is 10.2. The second kappa shape index (κ2) is 9.12. The summed E-state index contributed by atoms with van der Waals surface area (Å²) >= 11 is 0. The third kappa shape index (κ3) is 5.17. The first-order valence-electron chi connectivity index (χ1n) is 10.6. The Kier molecular flexibility index (Phi) is 6.11. The monoisotopic (exact) mass is 417 g/mol. The van der Waals surface area contributed by atoms with Crippen molar-refractivity contribution >= 4 is 11.8 Å². The predicted octanol–water partition coefficient (Wildman–Crippen LogP) is 3.20. The number of rotatable bonds is 8. The highest BCUT2D eigenvalue weighted by Gasteiger charge is 2.24. The van der Waals surface area contributed by atoms with Gasteiger partial charge in [0.1, 0.15) is 0 Å². The van der Waals surface area contributed by atoms with Gasteiger partial charge in [-0.15, -0.1) is 0 Å². The Labute approximate surface area is 181 Å². The van der Waals surface area contributed by atoms with Crippen LogP contribution in [0.1, 0.15) is 47.2 Å². The number of carbonyl (C=O) groups is 2. The molecule has 1 fully saturated rings. The largest absolute Gasteiger partial charge is 0.359 e. The van der Waals surface area contributed by atoms with Gasteiger partial charge in [0, 0.05) is 43.0 Å². The standard InChI is InChI=1S/C24H27N5O2/c1-16-6-7-18(24(31)28-20-8-9-20)11-22(16)19-13-27-29(15-19)21-10-17(12-26-14-21)4-3-5-23(30)25-2/h6-7,10-15,20H,3-5,8-9H2,1-2H3,(H,25,30)(H,28,31). The summed E-state index contributed by atoms with van der Waals surface area (Å²) in [6.45, 7) is 2.03. The van der Waals surface area contributed by atoms with Crippen LogP contribution >= 0.6 is 0 Å². The van der Waals surface area contributed by atoms with E-state index in [0.717, 1.165) is 53.6 Å². The van der Waals surface area contributed by atoms with E-state index >= 15 is 0 Å². The van der Waals surface area contributed by atoms with E-state index in [0.29, 0.717) is 18.0 Å². The maximum absolute atomic E-state index is 12.4. The number of carbonyl (C=O) groups excluding carboxylic acids is 2. The summed E-state index contributed by atoms with van der Waals surface area (Å²) < 4.78 is 1.79. The van der Waals surface area contributed by atoms with Crippen molar-refractivity contribution in [3.05, 3.63) is 65.7 Å². The van der Waals surface area contributed by atoms with Gasteiger partial charge in [-0.1, -0.05) is 6.07 Å². The average molecular weight is 418 g/mol. The molecule has 31 heavy (non-hydrogen) atoms. The van der Waals surface area contributed by atoms with Gasteiger partial charge in [0.25, 0.3) is 5.91 Å². The van der Waals surface area contributed by atoms with Crippen molar-refractivity contribution in [2.24, 2.45) is 0 Å². The number of pyridine rings is 1. The fourth-order valence-corrected chi connectivity index (χ4v) is 3.49. The van der Waals surface area contributed by atoms with Crippen LogP contribution in [-0.4, -0.2) is 39.7 Å². The van der Waals surface area contributed by atoms with Crippen molar-refractivity contribution in [2.75, 3.05) is 7.05 Å². The van der Waals surface area contributed by atoms with E-state index in [1.54, 1.807) is 17.9 Å². The number of nitrogens with one attached hydrogen (secondary N) is 2. The Hall–Kier alpha value is -3.48. The molecule has 7 nitrogen and oxygen atoms in total. The van der Waals surface area contributed by atoms with E-state index in [1.807, 2.05) is 49.8 Å². The maximum atomic E-state index is 12.4. The molecule has 4 rings (SSSR count). The van der Waals surface area contributed by atoms with E-state index < -0.39 is 0 Å². The minimum Gasteiger partial charge on any atom is -0.359 e.